The molecule has 0 rings (SSSR count). The van der Waals surface area contributed by atoms with Gasteiger partial charge < -0.3 is 15.4 Å². The number of likely N-dealkylation sites (N-methyl/N-ethyl adjacent to an activating group) is 1. The number of ether oxygens (including phenoxy) is 1. The Labute approximate surface area is 92.8 Å². The molecule has 0 fully saturated rings. The summed E-state index contributed by atoms with van der Waals surface area (Å²) in [4.78, 5) is 11.3. The predicted octanol–water partition coefficient (Wildman–Crippen LogP) is 0.773. The Bertz CT molecular complexity index is 172. The maximum absolute atomic E-state index is 11.3. The first-order valence-electron chi connectivity index (χ1n) is 5.66. The van der Waals surface area contributed by atoms with Crippen LogP contribution in [0.25, 0.3) is 0 Å². The summed E-state index contributed by atoms with van der Waals surface area (Å²) in [6, 6.07) is -0.146. The third kappa shape index (κ3) is 8.39. The van der Waals surface area contributed by atoms with Gasteiger partial charge >= 0.3 is 0 Å². The highest BCUT2D eigenvalue weighted by Gasteiger charge is 2.09. The number of hydrogen-bond donors (Lipinski definition) is 2. The lowest BCUT2D eigenvalue weighted by Crippen LogP contribution is -2.43. The first kappa shape index (κ1) is 14.4. The van der Waals surface area contributed by atoms with E-state index in [9.17, 15) is 4.79 Å². The van der Waals surface area contributed by atoms with Crippen molar-refractivity contribution < 1.29 is 9.53 Å². The monoisotopic (exact) mass is 216 g/mol. The zero-order chi connectivity index (χ0) is 11.7. The molecule has 0 aliphatic carbocycles. The molecule has 1 unspecified atom stereocenters. The minimum atomic E-state index is -0.146. The minimum absolute atomic E-state index is 0.0429. The van der Waals surface area contributed by atoms with E-state index in [1.807, 2.05) is 13.8 Å². The van der Waals surface area contributed by atoms with Crippen LogP contribution in [0.4, 0.5) is 0 Å². The summed E-state index contributed by atoms with van der Waals surface area (Å²) < 4.78 is 5.39. The fourth-order valence-corrected chi connectivity index (χ4v) is 1.09. The maximum atomic E-state index is 11.3. The molecule has 0 heterocycles. The van der Waals surface area contributed by atoms with Crippen LogP contribution in [0.15, 0.2) is 0 Å². The number of amides is 1. The molecule has 0 radical (unpaired) electrons. The Morgan fingerprint density at radius 2 is 2.00 bits per heavy atom. The van der Waals surface area contributed by atoms with Crippen LogP contribution in [0.5, 0.6) is 0 Å². The largest absolute Gasteiger partial charge is 0.380 e. The third-order valence-electron chi connectivity index (χ3n) is 1.89. The summed E-state index contributed by atoms with van der Waals surface area (Å²) in [5, 5.41) is 5.87. The lowest BCUT2D eigenvalue weighted by Gasteiger charge is -2.13. The Kier molecular flexibility index (Phi) is 8.33. The molecule has 0 spiro atoms. The van der Waals surface area contributed by atoms with Gasteiger partial charge in [-0.1, -0.05) is 13.8 Å². The molecule has 0 saturated carbocycles. The summed E-state index contributed by atoms with van der Waals surface area (Å²) in [7, 11) is 0. The quantitative estimate of drug-likeness (QED) is 0.589. The highest BCUT2D eigenvalue weighted by atomic mass is 16.5. The highest BCUT2D eigenvalue weighted by Crippen LogP contribution is 1.91. The first-order chi connectivity index (χ1) is 7.07. The molecule has 1 atom stereocenters. The van der Waals surface area contributed by atoms with Crippen molar-refractivity contribution in [2.45, 2.75) is 33.7 Å². The molecule has 0 saturated heterocycles. The molecule has 15 heavy (non-hydrogen) atoms. The molecule has 0 aliphatic rings. The standard InChI is InChI=1S/C11H24N2O2/c1-5-12-11(14)10(4)13-6-7-15-8-9(2)3/h9-10,13H,5-8H2,1-4H3,(H,12,14). The van der Waals surface area contributed by atoms with Crippen LogP contribution in [0.2, 0.25) is 0 Å². The molecular formula is C11H24N2O2. The van der Waals surface area contributed by atoms with E-state index in [0.717, 1.165) is 6.61 Å². The van der Waals surface area contributed by atoms with E-state index in [-0.39, 0.29) is 11.9 Å². The van der Waals surface area contributed by atoms with Crippen LogP contribution in [0.3, 0.4) is 0 Å². The van der Waals surface area contributed by atoms with Crippen LogP contribution >= 0.6 is 0 Å². The van der Waals surface area contributed by atoms with Gasteiger partial charge in [0.05, 0.1) is 12.6 Å². The van der Waals surface area contributed by atoms with Gasteiger partial charge in [0.15, 0.2) is 0 Å². The summed E-state index contributed by atoms with van der Waals surface area (Å²) in [5.41, 5.74) is 0. The van der Waals surface area contributed by atoms with Gasteiger partial charge in [-0.3, -0.25) is 4.79 Å². The molecule has 1 amide bonds. The SMILES string of the molecule is CCNC(=O)C(C)NCCOCC(C)C. The molecule has 0 aromatic rings. The molecule has 0 bridgehead atoms. The van der Waals surface area contributed by atoms with E-state index < -0.39 is 0 Å². The van der Waals surface area contributed by atoms with Gasteiger partial charge in [0.1, 0.15) is 0 Å². The average molecular weight is 216 g/mol. The van der Waals surface area contributed by atoms with Crippen molar-refractivity contribution in [1.82, 2.24) is 10.6 Å². The van der Waals surface area contributed by atoms with Crippen LogP contribution in [0.1, 0.15) is 27.7 Å². The van der Waals surface area contributed by atoms with Crippen molar-refractivity contribution in [2.75, 3.05) is 26.3 Å². The lowest BCUT2D eigenvalue weighted by molar-refractivity contribution is -0.122. The lowest BCUT2D eigenvalue weighted by atomic mass is 10.2. The molecule has 0 aromatic heterocycles. The topological polar surface area (TPSA) is 50.4 Å². The van der Waals surface area contributed by atoms with Crippen LogP contribution in [-0.4, -0.2) is 38.3 Å². The Balaban J connectivity index is 3.38. The minimum Gasteiger partial charge on any atom is -0.380 e. The molecule has 0 aromatic carbocycles. The highest BCUT2D eigenvalue weighted by molar-refractivity contribution is 5.81. The van der Waals surface area contributed by atoms with Crippen molar-refractivity contribution in [3.05, 3.63) is 0 Å². The van der Waals surface area contributed by atoms with Crippen LogP contribution in [-0.2, 0) is 9.53 Å². The van der Waals surface area contributed by atoms with Gasteiger partial charge in [-0.2, -0.15) is 0 Å². The fraction of sp³-hybridized carbons (Fsp3) is 0.909. The van der Waals surface area contributed by atoms with Gasteiger partial charge in [0, 0.05) is 19.7 Å². The normalized spacial score (nSPS) is 12.9. The summed E-state index contributed by atoms with van der Waals surface area (Å²) in [6.07, 6.45) is 0. The van der Waals surface area contributed by atoms with Crippen LogP contribution < -0.4 is 10.6 Å². The second-order valence-corrected chi connectivity index (χ2v) is 4.04. The second-order valence-electron chi connectivity index (χ2n) is 4.04. The van der Waals surface area contributed by atoms with E-state index >= 15 is 0 Å². The molecule has 4 heteroatoms. The van der Waals surface area contributed by atoms with Gasteiger partial charge in [-0.25, -0.2) is 0 Å². The van der Waals surface area contributed by atoms with E-state index in [2.05, 4.69) is 24.5 Å². The molecule has 90 valence electrons. The van der Waals surface area contributed by atoms with Gasteiger partial charge in [-0.15, -0.1) is 0 Å². The molecule has 4 nitrogen and oxygen atoms in total. The molecule has 2 N–H and O–H groups in total. The second kappa shape index (κ2) is 8.68. The number of hydrogen-bond acceptors (Lipinski definition) is 3. The van der Waals surface area contributed by atoms with Crippen molar-refractivity contribution in [3.63, 3.8) is 0 Å². The number of carbonyl (C=O) groups excluding carboxylic acids is 1. The maximum Gasteiger partial charge on any atom is 0.236 e. The number of carbonyl (C=O) groups is 1. The van der Waals surface area contributed by atoms with E-state index in [4.69, 9.17) is 4.74 Å². The summed E-state index contributed by atoms with van der Waals surface area (Å²) >= 11 is 0. The van der Waals surface area contributed by atoms with Gasteiger partial charge in [-0.05, 0) is 19.8 Å². The van der Waals surface area contributed by atoms with E-state index in [1.54, 1.807) is 0 Å². The summed E-state index contributed by atoms with van der Waals surface area (Å²) in [5.74, 6) is 0.604. The Hall–Kier alpha value is -0.610. The number of nitrogens with one attached hydrogen (secondary N) is 2. The Morgan fingerprint density at radius 3 is 2.53 bits per heavy atom. The zero-order valence-corrected chi connectivity index (χ0v) is 10.3. The van der Waals surface area contributed by atoms with Crippen molar-refractivity contribution in [1.29, 1.82) is 0 Å². The van der Waals surface area contributed by atoms with E-state index in [0.29, 0.717) is 25.6 Å². The van der Waals surface area contributed by atoms with E-state index in [1.165, 1.54) is 0 Å². The molecule has 0 aliphatic heterocycles. The van der Waals surface area contributed by atoms with Crippen molar-refractivity contribution in [3.8, 4) is 0 Å². The average Bonchev–Trinajstić information content (AvgIpc) is 2.16. The smallest absolute Gasteiger partial charge is 0.236 e. The van der Waals surface area contributed by atoms with Gasteiger partial charge in [0.2, 0.25) is 5.91 Å². The number of rotatable bonds is 8. The fourth-order valence-electron chi connectivity index (χ4n) is 1.09. The molecular weight excluding hydrogens is 192 g/mol. The van der Waals surface area contributed by atoms with Crippen molar-refractivity contribution >= 4 is 5.91 Å². The first-order valence-corrected chi connectivity index (χ1v) is 5.66. The predicted molar refractivity (Wildman–Crippen MR) is 61.8 cm³/mol. The zero-order valence-electron chi connectivity index (χ0n) is 10.3. The van der Waals surface area contributed by atoms with Gasteiger partial charge in [0.25, 0.3) is 0 Å². The third-order valence-corrected chi connectivity index (χ3v) is 1.89. The Morgan fingerprint density at radius 1 is 1.33 bits per heavy atom. The summed E-state index contributed by atoms with van der Waals surface area (Å²) in [6.45, 7) is 10.8. The van der Waals surface area contributed by atoms with Crippen LogP contribution in [0, 0.1) is 5.92 Å². The van der Waals surface area contributed by atoms with Crippen molar-refractivity contribution in [2.24, 2.45) is 5.92 Å².